The van der Waals surface area contributed by atoms with Crippen LogP contribution in [0.4, 0.5) is 0 Å². The van der Waals surface area contributed by atoms with Crippen molar-refractivity contribution >= 4 is 0 Å². The van der Waals surface area contributed by atoms with E-state index in [-0.39, 0.29) is 32.7 Å². The predicted molar refractivity (Wildman–Crippen MR) is 38.7 cm³/mol. The summed E-state index contributed by atoms with van der Waals surface area (Å²) < 4.78 is 0. The van der Waals surface area contributed by atoms with Crippen LogP contribution in [-0.4, -0.2) is 6.54 Å². The fourth-order valence-electron chi connectivity index (χ4n) is 0.798. The van der Waals surface area contributed by atoms with Crippen LogP contribution in [0.2, 0.25) is 0 Å². The molecule has 51 valence electrons. The molecule has 0 atom stereocenters. The van der Waals surface area contributed by atoms with Crippen LogP contribution in [0.5, 0.6) is 0 Å². The summed E-state index contributed by atoms with van der Waals surface area (Å²) in [6.07, 6.45) is 8.03. The van der Waals surface area contributed by atoms with Crippen molar-refractivity contribution < 1.29 is 32.7 Å². The van der Waals surface area contributed by atoms with Crippen molar-refractivity contribution in [2.75, 3.05) is 6.54 Å². The van der Waals surface area contributed by atoms with Gasteiger partial charge in [-0.1, -0.05) is 0 Å². The predicted octanol–water partition coefficient (Wildman–Crippen LogP) is 1.19. The number of nitrogens with two attached hydrogens (primary N) is 1. The Bertz CT molecular complexity index is 180. The molecule has 0 bridgehead atoms. The van der Waals surface area contributed by atoms with Crippen LogP contribution in [0.3, 0.4) is 0 Å². The van der Waals surface area contributed by atoms with Gasteiger partial charge in [-0.15, -0.1) is 11.6 Å². The normalized spacial score (nSPS) is 16.1. The number of rotatable bonds is 1. The van der Waals surface area contributed by atoms with E-state index in [9.17, 15) is 0 Å². The van der Waals surface area contributed by atoms with E-state index in [1.54, 1.807) is 0 Å². The summed E-state index contributed by atoms with van der Waals surface area (Å²) in [6, 6.07) is 0. The fraction of sp³-hybridized carbons (Fsp3) is 0.250. The van der Waals surface area contributed by atoms with Crippen LogP contribution in [-0.2, 0) is 32.7 Å². The molecule has 0 aliphatic heterocycles. The zero-order chi connectivity index (χ0) is 6.69. The van der Waals surface area contributed by atoms with Crippen molar-refractivity contribution in [1.29, 1.82) is 0 Å². The van der Waals surface area contributed by atoms with Gasteiger partial charge in [0.2, 0.25) is 0 Å². The van der Waals surface area contributed by atoms with Gasteiger partial charge in [-0.3, -0.25) is 0 Å². The molecule has 10 heavy (non-hydrogen) atoms. The van der Waals surface area contributed by atoms with Crippen LogP contribution in [0, 0.1) is 6.08 Å². The Labute approximate surface area is 86.9 Å². The van der Waals surface area contributed by atoms with Crippen LogP contribution < -0.4 is 5.73 Å². The minimum atomic E-state index is 0. The Hall–Kier alpha value is 0.284. The van der Waals surface area contributed by atoms with Gasteiger partial charge in [-0.2, -0.15) is 24.3 Å². The number of hydrogen-bond acceptors (Lipinski definition) is 1. The maximum atomic E-state index is 5.39. The van der Waals surface area contributed by atoms with E-state index in [1.807, 2.05) is 6.08 Å². The zero-order valence-electron chi connectivity index (χ0n) is 5.93. The van der Waals surface area contributed by atoms with E-state index in [2.05, 4.69) is 18.7 Å². The third-order valence-corrected chi connectivity index (χ3v) is 1.27. The van der Waals surface area contributed by atoms with Crippen LogP contribution in [0.1, 0.15) is 6.42 Å². The molecule has 1 radical (unpaired) electrons. The molecule has 2 heteroatoms. The second-order valence-corrected chi connectivity index (χ2v) is 2.06. The molecule has 2 N–H and O–H groups in total. The largest absolute Gasteiger partial charge is 0.328 e. The zero-order valence-corrected chi connectivity index (χ0v) is 8.77. The van der Waals surface area contributed by atoms with Crippen molar-refractivity contribution in [2.45, 2.75) is 6.42 Å². The third kappa shape index (κ3) is 2.91. The van der Waals surface area contributed by atoms with Gasteiger partial charge in [0, 0.05) is 39.3 Å². The van der Waals surface area contributed by atoms with Gasteiger partial charge >= 0.3 is 0 Å². The molecule has 0 fully saturated rings. The molecule has 1 nitrogen and oxygen atoms in total. The third-order valence-electron chi connectivity index (χ3n) is 1.27. The minimum Gasteiger partial charge on any atom is -0.328 e. The van der Waals surface area contributed by atoms with Gasteiger partial charge in [-0.25, -0.2) is 0 Å². The summed E-state index contributed by atoms with van der Waals surface area (Å²) in [5.41, 5.74) is 7.46. The standard InChI is InChI=1S/C8H10N.Y/c1-7-3-2-4-8(5-7)6-9;/h2-3H,1,4,6,9H2;/q-1;. The summed E-state index contributed by atoms with van der Waals surface area (Å²) in [5, 5.41) is 0. The molecule has 0 saturated heterocycles. The van der Waals surface area contributed by atoms with Crippen LogP contribution in [0.25, 0.3) is 0 Å². The maximum absolute atomic E-state index is 5.39. The Morgan fingerprint density at radius 2 is 2.40 bits per heavy atom. The molecule has 0 saturated carbocycles. The maximum Gasteiger partial charge on any atom is 0.00263 e. The van der Waals surface area contributed by atoms with Gasteiger partial charge < -0.3 is 5.73 Å². The first kappa shape index (κ1) is 10.3. The molecule has 0 aromatic rings. The summed E-state index contributed by atoms with van der Waals surface area (Å²) in [4.78, 5) is 0. The molecule has 0 amide bonds. The van der Waals surface area contributed by atoms with Crippen molar-refractivity contribution in [2.24, 2.45) is 5.73 Å². The SMILES string of the molecule is C=C1[C-]=C(CN)CC=C1.[Y]. The Balaban J connectivity index is 0.000000810. The molecule has 0 spiro atoms. The first-order valence-corrected chi connectivity index (χ1v) is 3.00. The monoisotopic (exact) mass is 209 g/mol. The molecule has 1 aliphatic rings. The van der Waals surface area contributed by atoms with Gasteiger partial charge in [0.1, 0.15) is 0 Å². The summed E-state index contributed by atoms with van der Waals surface area (Å²) in [5.74, 6) is 0. The molecule has 1 aliphatic carbocycles. The molecule has 0 aromatic heterocycles. The van der Waals surface area contributed by atoms with Crippen molar-refractivity contribution in [3.63, 3.8) is 0 Å². The van der Waals surface area contributed by atoms with Gasteiger partial charge in [0.05, 0.1) is 0 Å². The number of allylic oxidation sites excluding steroid dienone is 4. The molecule has 0 unspecified atom stereocenters. The fourth-order valence-corrected chi connectivity index (χ4v) is 0.798. The Kier molecular flexibility index (Phi) is 5.15. The Morgan fingerprint density at radius 3 is 2.80 bits per heavy atom. The molecule has 1 rings (SSSR count). The van der Waals surface area contributed by atoms with E-state index in [4.69, 9.17) is 5.73 Å². The number of hydrogen-bond donors (Lipinski definition) is 1. The van der Waals surface area contributed by atoms with E-state index in [0.717, 1.165) is 17.6 Å². The van der Waals surface area contributed by atoms with Crippen molar-refractivity contribution in [1.82, 2.24) is 0 Å². The van der Waals surface area contributed by atoms with E-state index in [0.29, 0.717) is 6.54 Å². The van der Waals surface area contributed by atoms with Crippen molar-refractivity contribution in [3.05, 3.63) is 36.0 Å². The van der Waals surface area contributed by atoms with E-state index >= 15 is 0 Å². The second-order valence-electron chi connectivity index (χ2n) is 2.06. The first-order chi connectivity index (χ1) is 4.33. The average molecular weight is 209 g/mol. The van der Waals surface area contributed by atoms with Gasteiger partial charge in [0.15, 0.2) is 0 Å². The topological polar surface area (TPSA) is 26.0 Å². The second kappa shape index (κ2) is 5.00. The molecule has 0 heterocycles. The summed E-state index contributed by atoms with van der Waals surface area (Å²) in [7, 11) is 0. The van der Waals surface area contributed by atoms with Gasteiger partial charge in [0.25, 0.3) is 0 Å². The average Bonchev–Trinajstić information content (AvgIpc) is 1.88. The summed E-state index contributed by atoms with van der Waals surface area (Å²) in [6.45, 7) is 4.34. The smallest absolute Gasteiger partial charge is 0.00263 e. The quantitative estimate of drug-likeness (QED) is 0.645. The molecule has 0 aromatic carbocycles. The van der Waals surface area contributed by atoms with E-state index in [1.165, 1.54) is 0 Å². The summed E-state index contributed by atoms with van der Waals surface area (Å²) >= 11 is 0. The molecular formula is C8H10NY-. The molecular weight excluding hydrogens is 199 g/mol. The van der Waals surface area contributed by atoms with E-state index < -0.39 is 0 Å². The van der Waals surface area contributed by atoms with Crippen LogP contribution in [0.15, 0.2) is 29.9 Å². The van der Waals surface area contributed by atoms with Crippen molar-refractivity contribution in [3.8, 4) is 0 Å². The van der Waals surface area contributed by atoms with Crippen LogP contribution >= 0.6 is 0 Å². The van der Waals surface area contributed by atoms with Gasteiger partial charge in [-0.05, 0) is 6.42 Å². The first-order valence-electron chi connectivity index (χ1n) is 3.00. The Morgan fingerprint density at radius 1 is 1.70 bits per heavy atom. The minimum absolute atomic E-state index is 0.